The van der Waals surface area contributed by atoms with Crippen molar-refractivity contribution in [3.63, 3.8) is 0 Å². The van der Waals surface area contributed by atoms with Crippen LogP contribution in [0.2, 0.25) is 0 Å². The zero-order chi connectivity index (χ0) is 33.4. The van der Waals surface area contributed by atoms with Gasteiger partial charge >= 0.3 is 0 Å². The fourth-order valence-electron chi connectivity index (χ4n) is 5.75. The molecule has 0 aliphatic carbocycles. The van der Waals surface area contributed by atoms with E-state index in [9.17, 15) is 13.2 Å². The van der Waals surface area contributed by atoms with E-state index in [1.807, 2.05) is 44.2 Å². The van der Waals surface area contributed by atoms with Crippen molar-refractivity contribution in [3.8, 4) is 17.1 Å². The van der Waals surface area contributed by atoms with Gasteiger partial charge in [0.15, 0.2) is 0 Å². The van der Waals surface area contributed by atoms with Crippen molar-refractivity contribution in [1.29, 1.82) is 0 Å². The van der Waals surface area contributed by atoms with E-state index >= 15 is 0 Å². The maximum absolute atomic E-state index is 14.4. The van der Waals surface area contributed by atoms with Crippen LogP contribution >= 0.6 is 0 Å². The van der Waals surface area contributed by atoms with E-state index in [2.05, 4.69) is 61.2 Å². The normalized spacial score (nSPS) is 16.8. The molecule has 1 amide bonds. The number of rotatable bonds is 4. The Morgan fingerprint density at radius 1 is 0.935 bits per heavy atom. The molecular formula is C36H43N5O4S. The summed E-state index contributed by atoms with van der Waals surface area (Å²) >= 11 is 0. The lowest BCUT2D eigenvalue weighted by Crippen LogP contribution is -2.45. The molecule has 9 nitrogen and oxygen atoms in total. The first-order valence-corrected chi connectivity index (χ1v) is 17.0. The van der Waals surface area contributed by atoms with Gasteiger partial charge in [0.2, 0.25) is 11.8 Å². The highest BCUT2D eigenvalue weighted by Crippen LogP contribution is 2.32. The zero-order valence-electron chi connectivity index (χ0n) is 27.9. The second kappa shape index (κ2) is 12.5. The minimum atomic E-state index is -4.16. The van der Waals surface area contributed by atoms with Gasteiger partial charge in [-0.25, -0.2) is 18.1 Å². The maximum Gasteiger partial charge on any atom is 0.264 e. The van der Waals surface area contributed by atoms with Crippen molar-refractivity contribution in [1.82, 2.24) is 19.9 Å². The van der Waals surface area contributed by atoms with Crippen LogP contribution in [-0.4, -0.2) is 46.8 Å². The molecule has 0 fully saturated rings. The van der Waals surface area contributed by atoms with Crippen molar-refractivity contribution in [2.45, 2.75) is 84.7 Å². The largest absolute Gasteiger partial charge is 0.475 e. The number of fused-ring (bicyclic) bond motifs is 4. The molecule has 4 aromatic rings. The number of aromatic nitrogens is 3. The first kappa shape index (κ1) is 33.1. The standard InChI is InChI=1S/C36H43N5O4S/c1-23-11-9-12-24(2)32(23)30-19-31-39-34(38-30)40-46(43,44)29-14-10-13-25(17-29)33(42)41(28(22-45-31)20-35(3,4)5)21-27-18-26(15-16-37-27)36(6,7)8/h9-19,28H,20-22H2,1-8H3,(H,38,39,40)/t28-/m1/s1. The number of sulfonamides is 1. The number of nitrogens with one attached hydrogen (secondary N) is 1. The van der Waals surface area contributed by atoms with Gasteiger partial charge in [0.25, 0.3) is 15.9 Å². The predicted octanol–water partition coefficient (Wildman–Crippen LogP) is 7.09. The van der Waals surface area contributed by atoms with Crippen LogP contribution in [0.1, 0.15) is 80.7 Å². The maximum atomic E-state index is 14.4. The number of amides is 1. The highest BCUT2D eigenvalue weighted by Gasteiger charge is 2.32. The van der Waals surface area contributed by atoms with Gasteiger partial charge in [-0.05, 0) is 78.1 Å². The third-order valence-electron chi connectivity index (χ3n) is 8.05. The summed E-state index contributed by atoms with van der Waals surface area (Å²) in [4.78, 5) is 29.8. The molecule has 46 heavy (non-hydrogen) atoms. The number of carbonyl (C=O) groups excluding carboxylic acids is 1. The molecule has 2 aromatic heterocycles. The molecule has 1 N–H and O–H groups in total. The van der Waals surface area contributed by atoms with Crippen LogP contribution in [0.3, 0.4) is 0 Å². The molecule has 1 aliphatic heterocycles. The summed E-state index contributed by atoms with van der Waals surface area (Å²) in [5.74, 6) is -0.222. The average Bonchev–Trinajstić information content (AvgIpc) is 2.96. The third-order valence-corrected chi connectivity index (χ3v) is 9.37. The highest BCUT2D eigenvalue weighted by molar-refractivity contribution is 7.92. The minimum absolute atomic E-state index is 0.0682. The SMILES string of the molecule is Cc1cccc(C)c1-c1cc2nc(n1)NS(=O)(=O)c1cccc(c1)C(=O)N(Cc1cc(C(C)(C)C)ccn1)[C@H](CC(C)(C)C)CO2. The summed E-state index contributed by atoms with van der Waals surface area (Å²) in [7, 11) is -4.16. The van der Waals surface area contributed by atoms with Crippen molar-refractivity contribution in [2.75, 3.05) is 11.3 Å². The Bertz CT molecular complexity index is 1860. The molecule has 0 saturated heterocycles. The second-order valence-electron chi connectivity index (χ2n) is 14.3. The van der Waals surface area contributed by atoms with E-state index in [0.717, 1.165) is 27.9 Å². The van der Waals surface area contributed by atoms with E-state index in [1.165, 1.54) is 12.1 Å². The number of anilines is 1. The fourth-order valence-corrected chi connectivity index (χ4v) is 6.74. The highest BCUT2D eigenvalue weighted by atomic mass is 32.2. The van der Waals surface area contributed by atoms with Gasteiger partial charge in [0, 0.05) is 23.4 Å². The topological polar surface area (TPSA) is 114 Å². The average molecular weight is 642 g/mol. The van der Waals surface area contributed by atoms with Gasteiger partial charge in [-0.1, -0.05) is 65.8 Å². The molecule has 5 rings (SSSR count). The van der Waals surface area contributed by atoms with Gasteiger partial charge < -0.3 is 9.64 Å². The van der Waals surface area contributed by atoms with Gasteiger partial charge in [-0.15, -0.1) is 0 Å². The zero-order valence-corrected chi connectivity index (χ0v) is 28.7. The molecule has 0 unspecified atom stereocenters. The molecule has 10 heteroatoms. The molecular weight excluding hydrogens is 598 g/mol. The van der Waals surface area contributed by atoms with E-state index < -0.39 is 16.1 Å². The van der Waals surface area contributed by atoms with E-state index in [4.69, 9.17) is 4.74 Å². The Morgan fingerprint density at radius 3 is 2.30 bits per heavy atom. The summed E-state index contributed by atoms with van der Waals surface area (Å²) in [6.07, 6.45) is 2.38. The van der Waals surface area contributed by atoms with Gasteiger partial charge in [-0.3, -0.25) is 9.78 Å². The monoisotopic (exact) mass is 641 g/mol. The van der Waals surface area contributed by atoms with Gasteiger partial charge in [-0.2, -0.15) is 4.98 Å². The summed E-state index contributed by atoms with van der Waals surface area (Å²) in [6, 6.07) is 17.3. The Labute approximate surface area is 272 Å². The van der Waals surface area contributed by atoms with Crippen molar-refractivity contribution in [2.24, 2.45) is 5.41 Å². The first-order chi connectivity index (χ1) is 21.5. The van der Waals surface area contributed by atoms with Crippen molar-refractivity contribution >= 4 is 21.9 Å². The number of hydrogen-bond donors (Lipinski definition) is 1. The van der Waals surface area contributed by atoms with Crippen molar-refractivity contribution in [3.05, 3.63) is 94.8 Å². The fraction of sp³-hybridized carbons (Fsp3) is 0.389. The molecule has 2 aromatic carbocycles. The molecule has 242 valence electrons. The molecule has 1 atom stereocenters. The second-order valence-corrected chi connectivity index (χ2v) is 15.9. The molecule has 4 bridgehead atoms. The number of aryl methyl sites for hydroxylation is 2. The van der Waals surface area contributed by atoms with Crippen LogP contribution in [0.25, 0.3) is 11.3 Å². The molecule has 0 spiro atoms. The first-order valence-electron chi connectivity index (χ1n) is 15.5. The Hall–Kier alpha value is -4.31. The number of pyridine rings is 1. The van der Waals surface area contributed by atoms with Crippen LogP contribution in [0.15, 0.2) is 71.8 Å². The quantitative estimate of drug-likeness (QED) is 0.253. The molecule has 0 radical (unpaired) electrons. The van der Waals surface area contributed by atoms with Gasteiger partial charge in [0.05, 0.1) is 28.9 Å². The number of ether oxygens (including phenoxy) is 1. The molecule has 1 aliphatic rings. The Morgan fingerprint density at radius 2 is 1.63 bits per heavy atom. The van der Waals surface area contributed by atoms with Crippen LogP contribution in [0, 0.1) is 19.3 Å². The lowest BCUT2D eigenvalue weighted by Gasteiger charge is -2.35. The van der Waals surface area contributed by atoms with Crippen LogP contribution in [0.4, 0.5) is 5.95 Å². The molecule has 0 saturated carbocycles. The van der Waals surface area contributed by atoms with Crippen LogP contribution in [-0.2, 0) is 22.0 Å². The van der Waals surface area contributed by atoms with Crippen LogP contribution < -0.4 is 9.46 Å². The van der Waals surface area contributed by atoms with Crippen molar-refractivity contribution < 1.29 is 17.9 Å². The summed E-state index contributed by atoms with van der Waals surface area (Å²) < 4.78 is 36.2. The lowest BCUT2D eigenvalue weighted by atomic mass is 9.86. The minimum Gasteiger partial charge on any atom is -0.475 e. The van der Waals surface area contributed by atoms with E-state index in [-0.39, 0.29) is 52.2 Å². The van der Waals surface area contributed by atoms with Crippen LogP contribution in [0.5, 0.6) is 5.88 Å². The number of hydrogen-bond acceptors (Lipinski definition) is 7. The number of nitrogens with zero attached hydrogens (tertiary/aromatic N) is 4. The third kappa shape index (κ3) is 7.55. The summed E-state index contributed by atoms with van der Waals surface area (Å²) in [6.45, 7) is 17.1. The summed E-state index contributed by atoms with van der Waals surface area (Å²) in [5, 5.41) is 0. The Kier molecular flexibility index (Phi) is 8.96. The Balaban J connectivity index is 1.68. The number of carbonyl (C=O) groups is 1. The lowest BCUT2D eigenvalue weighted by molar-refractivity contribution is 0.0509. The van der Waals surface area contributed by atoms with E-state index in [1.54, 1.807) is 29.3 Å². The van der Waals surface area contributed by atoms with E-state index in [0.29, 0.717) is 12.1 Å². The summed E-state index contributed by atoms with van der Waals surface area (Å²) in [5.41, 5.74) is 5.17. The smallest absolute Gasteiger partial charge is 0.264 e. The van der Waals surface area contributed by atoms with Gasteiger partial charge in [0.1, 0.15) is 6.61 Å². The molecule has 3 heterocycles. The number of benzene rings is 2. The predicted molar refractivity (Wildman–Crippen MR) is 180 cm³/mol.